The van der Waals surface area contributed by atoms with E-state index in [1.54, 1.807) is 0 Å². The molecule has 3 heteroatoms. The largest absolute Gasteiger partial charge is 0.377 e. The van der Waals surface area contributed by atoms with Crippen LogP contribution in [0.5, 0.6) is 0 Å². The van der Waals surface area contributed by atoms with Gasteiger partial charge in [0.1, 0.15) is 0 Å². The summed E-state index contributed by atoms with van der Waals surface area (Å²) < 4.78 is 5.76. The highest BCUT2D eigenvalue weighted by Crippen LogP contribution is 2.36. The van der Waals surface area contributed by atoms with E-state index >= 15 is 0 Å². The molecular weight excluding hydrogens is 212 g/mol. The van der Waals surface area contributed by atoms with Gasteiger partial charge in [-0.15, -0.1) is 0 Å². The van der Waals surface area contributed by atoms with Gasteiger partial charge in [-0.25, -0.2) is 0 Å². The molecule has 0 aromatic heterocycles. The molecule has 1 atom stereocenters. The summed E-state index contributed by atoms with van der Waals surface area (Å²) in [4.78, 5) is 2.62. The Morgan fingerprint density at radius 3 is 2.59 bits per heavy atom. The van der Waals surface area contributed by atoms with E-state index in [4.69, 9.17) is 4.74 Å². The second kappa shape index (κ2) is 5.25. The van der Waals surface area contributed by atoms with Crippen molar-refractivity contribution in [3.8, 4) is 0 Å². The highest BCUT2D eigenvalue weighted by atomic mass is 16.5. The van der Waals surface area contributed by atoms with E-state index in [1.807, 2.05) is 7.11 Å². The first kappa shape index (κ1) is 13.3. The zero-order valence-electron chi connectivity index (χ0n) is 11.7. The van der Waals surface area contributed by atoms with Crippen LogP contribution in [-0.4, -0.2) is 49.3 Å². The molecule has 2 rings (SSSR count). The van der Waals surface area contributed by atoms with E-state index < -0.39 is 0 Å². The Bertz CT molecular complexity index is 247. The van der Waals surface area contributed by atoms with Crippen molar-refractivity contribution in [3.05, 3.63) is 0 Å². The van der Waals surface area contributed by atoms with Crippen molar-refractivity contribution < 1.29 is 4.74 Å². The van der Waals surface area contributed by atoms with Gasteiger partial charge in [-0.3, -0.25) is 4.90 Å². The quantitative estimate of drug-likeness (QED) is 0.813. The van der Waals surface area contributed by atoms with Crippen molar-refractivity contribution in [2.75, 3.05) is 33.3 Å². The molecule has 1 saturated carbocycles. The molecule has 100 valence electrons. The van der Waals surface area contributed by atoms with Crippen molar-refractivity contribution in [3.63, 3.8) is 0 Å². The molecule has 0 aromatic rings. The fourth-order valence-corrected chi connectivity index (χ4v) is 3.10. The highest BCUT2D eigenvalue weighted by Gasteiger charge is 2.40. The van der Waals surface area contributed by atoms with Crippen LogP contribution in [0.15, 0.2) is 0 Å². The molecule has 1 heterocycles. The van der Waals surface area contributed by atoms with Gasteiger partial charge in [0, 0.05) is 25.7 Å². The first-order chi connectivity index (χ1) is 8.11. The van der Waals surface area contributed by atoms with Crippen LogP contribution < -0.4 is 5.32 Å². The average molecular weight is 240 g/mol. The zero-order valence-corrected chi connectivity index (χ0v) is 11.7. The van der Waals surface area contributed by atoms with E-state index in [1.165, 1.54) is 38.6 Å². The molecule has 0 bridgehead atoms. The van der Waals surface area contributed by atoms with Crippen LogP contribution in [0.4, 0.5) is 0 Å². The Balaban J connectivity index is 1.95. The summed E-state index contributed by atoms with van der Waals surface area (Å²) >= 11 is 0. The maximum atomic E-state index is 5.76. The second-order valence-electron chi connectivity index (χ2n) is 6.15. The molecular formula is C14H28N2O. The van der Waals surface area contributed by atoms with Gasteiger partial charge in [0.05, 0.1) is 5.60 Å². The topological polar surface area (TPSA) is 24.5 Å². The summed E-state index contributed by atoms with van der Waals surface area (Å²) in [5, 5.41) is 3.69. The molecule has 1 saturated heterocycles. The molecule has 1 aliphatic heterocycles. The molecule has 0 spiro atoms. The van der Waals surface area contributed by atoms with Gasteiger partial charge in [-0.2, -0.15) is 0 Å². The van der Waals surface area contributed by atoms with Crippen LogP contribution >= 0.6 is 0 Å². The monoisotopic (exact) mass is 240 g/mol. The van der Waals surface area contributed by atoms with Crippen molar-refractivity contribution in [2.45, 2.75) is 57.1 Å². The first-order valence-corrected chi connectivity index (χ1v) is 7.14. The van der Waals surface area contributed by atoms with Gasteiger partial charge in [0.2, 0.25) is 0 Å². The standard InChI is InChI=1S/C14H28N2O/c1-4-13(2)11-16(10-6-9-15-13)12-14(17-3)7-5-8-14/h15H,4-12H2,1-3H3. The molecule has 3 nitrogen and oxygen atoms in total. The Labute approximate surface area is 106 Å². The lowest BCUT2D eigenvalue weighted by Crippen LogP contribution is -2.54. The van der Waals surface area contributed by atoms with E-state index in [0.29, 0.717) is 0 Å². The van der Waals surface area contributed by atoms with Gasteiger partial charge in [-0.05, 0) is 52.1 Å². The summed E-state index contributed by atoms with van der Waals surface area (Å²) in [6.45, 7) is 9.29. The number of rotatable bonds is 4. The zero-order chi connectivity index (χ0) is 12.4. The third-order valence-electron chi connectivity index (χ3n) is 4.77. The number of nitrogens with one attached hydrogen (secondary N) is 1. The first-order valence-electron chi connectivity index (χ1n) is 7.14. The van der Waals surface area contributed by atoms with Gasteiger partial charge >= 0.3 is 0 Å². The third kappa shape index (κ3) is 3.01. The smallest absolute Gasteiger partial charge is 0.0805 e. The molecule has 2 aliphatic rings. The van der Waals surface area contributed by atoms with E-state index in [2.05, 4.69) is 24.1 Å². The predicted molar refractivity (Wildman–Crippen MR) is 71.3 cm³/mol. The number of nitrogens with zero attached hydrogens (tertiary/aromatic N) is 1. The summed E-state index contributed by atoms with van der Waals surface area (Å²) in [6, 6.07) is 0. The minimum Gasteiger partial charge on any atom is -0.377 e. The van der Waals surface area contributed by atoms with Gasteiger partial charge in [0.25, 0.3) is 0 Å². The molecule has 17 heavy (non-hydrogen) atoms. The maximum absolute atomic E-state index is 5.76. The predicted octanol–water partition coefficient (Wildman–Crippen LogP) is 2.02. The second-order valence-corrected chi connectivity index (χ2v) is 6.15. The molecule has 2 fully saturated rings. The number of hydrogen-bond acceptors (Lipinski definition) is 3. The lowest BCUT2D eigenvalue weighted by Gasteiger charge is -2.45. The van der Waals surface area contributed by atoms with E-state index in [9.17, 15) is 0 Å². The molecule has 1 aliphatic carbocycles. The van der Waals surface area contributed by atoms with Gasteiger partial charge in [0.15, 0.2) is 0 Å². The third-order valence-corrected chi connectivity index (χ3v) is 4.77. The molecule has 0 radical (unpaired) electrons. The van der Waals surface area contributed by atoms with Crippen LogP contribution in [0.1, 0.15) is 46.0 Å². The maximum Gasteiger partial charge on any atom is 0.0805 e. The fraction of sp³-hybridized carbons (Fsp3) is 1.00. The van der Waals surface area contributed by atoms with Crippen LogP contribution in [0.2, 0.25) is 0 Å². The average Bonchev–Trinajstić information content (AvgIpc) is 2.46. The molecule has 1 unspecified atom stereocenters. The lowest BCUT2D eigenvalue weighted by atomic mass is 9.79. The minimum atomic E-state index is 0.180. The van der Waals surface area contributed by atoms with Crippen LogP contribution in [-0.2, 0) is 4.74 Å². The number of ether oxygens (including phenoxy) is 1. The highest BCUT2D eigenvalue weighted by molar-refractivity contribution is 4.95. The van der Waals surface area contributed by atoms with Crippen LogP contribution in [0.25, 0.3) is 0 Å². The summed E-state index contributed by atoms with van der Waals surface area (Å²) in [5.74, 6) is 0. The molecule has 0 aromatic carbocycles. The van der Waals surface area contributed by atoms with Gasteiger partial charge in [-0.1, -0.05) is 6.92 Å². The van der Waals surface area contributed by atoms with E-state index in [-0.39, 0.29) is 11.1 Å². The fourth-order valence-electron chi connectivity index (χ4n) is 3.10. The van der Waals surface area contributed by atoms with Crippen LogP contribution in [0.3, 0.4) is 0 Å². The summed E-state index contributed by atoms with van der Waals surface area (Å²) in [6.07, 6.45) is 6.29. The normalized spacial score (nSPS) is 34.1. The van der Waals surface area contributed by atoms with Crippen molar-refractivity contribution in [1.82, 2.24) is 10.2 Å². The van der Waals surface area contributed by atoms with Gasteiger partial charge < -0.3 is 10.1 Å². The van der Waals surface area contributed by atoms with E-state index in [0.717, 1.165) is 19.6 Å². The minimum absolute atomic E-state index is 0.180. The molecule has 1 N–H and O–H groups in total. The van der Waals surface area contributed by atoms with Crippen molar-refractivity contribution >= 4 is 0 Å². The Morgan fingerprint density at radius 1 is 1.29 bits per heavy atom. The Hall–Kier alpha value is -0.120. The number of methoxy groups -OCH3 is 1. The van der Waals surface area contributed by atoms with Crippen LogP contribution in [0, 0.1) is 0 Å². The van der Waals surface area contributed by atoms with Crippen molar-refractivity contribution in [2.24, 2.45) is 0 Å². The lowest BCUT2D eigenvalue weighted by molar-refractivity contribution is -0.0928. The molecule has 0 amide bonds. The Kier molecular flexibility index (Phi) is 4.11. The van der Waals surface area contributed by atoms with Crippen molar-refractivity contribution in [1.29, 1.82) is 0 Å². The number of hydrogen-bond donors (Lipinski definition) is 1. The SMILES string of the molecule is CCC1(C)CN(CC2(OC)CCC2)CCCN1. The summed E-state index contributed by atoms with van der Waals surface area (Å²) in [5.41, 5.74) is 0.466. The Morgan fingerprint density at radius 2 is 2.06 bits per heavy atom. The summed E-state index contributed by atoms with van der Waals surface area (Å²) in [7, 11) is 1.88.